The molecule has 100 valence electrons. The Balaban J connectivity index is 2.04. The number of halogens is 1. The van der Waals surface area contributed by atoms with Crippen LogP contribution in [0.25, 0.3) is 10.8 Å². The van der Waals surface area contributed by atoms with E-state index in [1.807, 2.05) is 54.7 Å². The fourth-order valence-electron chi connectivity index (χ4n) is 2.20. The highest BCUT2D eigenvalue weighted by atomic mass is 79.9. The van der Waals surface area contributed by atoms with E-state index < -0.39 is 0 Å². The van der Waals surface area contributed by atoms with E-state index in [-0.39, 0.29) is 5.56 Å². The van der Waals surface area contributed by atoms with Gasteiger partial charge in [0.25, 0.3) is 5.56 Å². The lowest BCUT2D eigenvalue weighted by molar-refractivity contribution is 0.768. The summed E-state index contributed by atoms with van der Waals surface area (Å²) in [6.45, 7) is 0.547. The van der Waals surface area contributed by atoms with Gasteiger partial charge in [-0.15, -0.1) is 0 Å². The SMILES string of the molecule is Nc1ccc(Cn2ccc3cc(Br)ccc3c2=O)cc1. The van der Waals surface area contributed by atoms with Crippen LogP contribution in [-0.2, 0) is 6.54 Å². The summed E-state index contributed by atoms with van der Waals surface area (Å²) in [5, 5.41) is 1.67. The number of nitrogens with zero attached hydrogens (tertiary/aromatic N) is 1. The van der Waals surface area contributed by atoms with Crippen molar-refractivity contribution in [2.45, 2.75) is 6.54 Å². The molecule has 0 bridgehead atoms. The molecule has 4 heteroatoms. The molecule has 20 heavy (non-hydrogen) atoms. The van der Waals surface area contributed by atoms with Crippen molar-refractivity contribution in [3.05, 3.63) is 75.1 Å². The van der Waals surface area contributed by atoms with Gasteiger partial charge in [0.1, 0.15) is 0 Å². The van der Waals surface area contributed by atoms with Gasteiger partial charge in [-0.3, -0.25) is 4.79 Å². The maximum absolute atomic E-state index is 12.4. The Morgan fingerprint density at radius 1 is 1.05 bits per heavy atom. The van der Waals surface area contributed by atoms with Gasteiger partial charge in [-0.05, 0) is 47.3 Å². The first-order valence-electron chi connectivity index (χ1n) is 6.26. The lowest BCUT2D eigenvalue weighted by Gasteiger charge is -2.08. The molecular formula is C16H13BrN2O. The molecule has 0 aliphatic carbocycles. The van der Waals surface area contributed by atoms with Crippen molar-refractivity contribution in [3.63, 3.8) is 0 Å². The number of benzene rings is 2. The Labute approximate surface area is 124 Å². The first-order chi connectivity index (χ1) is 9.63. The number of hydrogen-bond donors (Lipinski definition) is 1. The minimum atomic E-state index is 0.0202. The number of rotatable bonds is 2. The molecule has 0 aliphatic heterocycles. The van der Waals surface area contributed by atoms with Crippen LogP contribution in [0.4, 0.5) is 5.69 Å². The van der Waals surface area contributed by atoms with Crippen LogP contribution >= 0.6 is 15.9 Å². The Kier molecular flexibility index (Phi) is 3.32. The largest absolute Gasteiger partial charge is 0.399 e. The van der Waals surface area contributed by atoms with Crippen molar-refractivity contribution < 1.29 is 0 Å². The van der Waals surface area contributed by atoms with Gasteiger partial charge in [0.2, 0.25) is 0 Å². The summed E-state index contributed by atoms with van der Waals surface area (Å²) < 4.78 is 2.68. The molecule has 0 saturated carbocycles. The van der Waals surface area contributed by atoms with E-state index in [2.05, 4.69) is 15.9 Å². The highest BCUT2D eigenvalue weighted by Gasteiger charge is 2.04. The van der Waals surface area contributed by atoms with Crippen LogP contribution in [0.3, 0.4) is 0 Å². The third kappa shape index (κ3) is 2.47. The standard InChI is InChI=1S/C16H13BrN2O/c17-13-3-6-15-12(9-13)7-8-19(16(15)20)10-11-1-4-14(18)5-2-11/h1-9H,10,18H2. The minimum Gasteiger partial charge on any atom is -0.399 e. The average molecular weight is 329 g/mol. The molecule has 0 atom stereocenters. The predicted molar refractivity (Wildman–Crippen MR) is 85.9 cm³/mol. The zero-order valence-corrected chi connectivity index (χ0v) is 12.3. The second kappa shape index (κ2) is 5.13. The summed E-state index contributed by atoms with van der Waals surface area (Å²) in [5.74, 6) is 0. The molecule has 1 heterocycles. The molecule has 2 N–H and O–H groups in total. The molecule has 0 spiro atoms. The van der Waals surface area contributed by atoms with Gasteiger partial charge in [0.15, 0.2) is 0 Å². The molecular weight excluding hydrogens is 316 g/mol. The first-order valence-corrected chi connectivity index (χ1v) is 7.06. The van der Waals surface area contributed by atoms with E-state index >= 15 is 0 Å². The Morgan fingerprint density at radius 3 is 2.55 bits per heavy atom. The highest BCUT2D eigenvalue weighted by molar-refractivity contribution is 9.10. The second-order valence-electron chi connectivity index (χ2n) is 4.72. The van der Waals surface area contributed by atoms with Crippen molar-refractivity contribution in [3.8, 4) is 0 Å². The van der Waals surface area contributed by atoms with Crippen LogP contribution in [0.1, 0.15) is 5.56 Å². The van der Waals surface area contributed by atoms with Gasteiger partial charge < -0.3 is 10.3 Å². The Hall–Kier alpha value is -2.07. The molecule has 0 aliphatic rings. The summed E-state index contributed by atoms with van der Waals surface area (Å²) in [5.41, 5.74) is 7.47. The Morgan fingerprint density at radius 2 is 1.80 bits per heavy atom. The zero-order chi connectivity index (χ0) is 14.1. The summed E-state index contributed by atoms with van der Waals surface area (Å²) in [6, 6.07) is 15.2. The number of anilines is 1. The maximum Gasteiger partial charge on any atom is 0.258 e. The van der Waals surface area contributed by atoms with Gasteiger partial charge in [0, 0.05) is 21.7 Å². The average Bonchev–Trinajstić information content (AvgIpc) is 2.44. The topological polar surface area (TPSA) is 48.0 Å². The molecule has 0 saturated heterocycles. The van der Waals surface area contributed by atoms with Crippen molar-refractivity contribution in [2.24, 2.45) is 0 Å². The smallest absolute Gasteiger partial charge is 0.258 e. The van der Waals surface area contributed by atoms with E-state index in [4.69, 9.17) is 5.73 Å². The number of hydrogen-bond acceptors (Lipinski definition) is 2. The molecule has 0 unspecified atom stereocenters. The van der Waals surface area contributed by atoms with E-state index in [9.17, 15) is 4.79 Å². The molecule has 3 aromatic rings. The predicted octanol–water partition coefficient (Wildman–Crippen LogP) is 3.39. The van der Waals surface area contributed by atoms with E-state index in [1.165, 1.54) is 0 Å². The molecule has 1 aromatic heterocycles. The van der Waals surface area contributed by atoms with Crippen LogP contribution in [0, 0.1) is 0 Å². The fraction of sp³-hybridized carbons (Fsp3) is 0.0625. The zero-order valence-electron chi connectivity index (χ0n) is 10.7. The van der Waals surface area contributed by atoms with Gasteiger partial charge in [-0.25, -0.2) is 0 Å². The third-order valence-corrected chi connectivity index (χ3v) is 3.76. The van der Waals surface area contributed by atoms with Crippen molar-refractivity contribution in [1.82, 2.24) is 4.57 Å². The number of aromatic nitrogens is 1. The second-order valence-corrected chi connectivity index (χ2v) is 5.64. The van der Waals surface area contributed by atoms with Crippen LogP contribution < -0.4 is 11.3 Å². The van der Waals surface area contributed by atoms with E-state index in [1.54, 1.807) is 4.57 Å². The molecule has 0 fully saturated rings. The van der Waals surface area contributed by atoms with Gasteiger partial charge in [-0.2, -0.15) is 0 Å². The first kappa shape index (κ1) is 12.9. The molecule has 3 rings (SSSR count). The van der Waals surface area contributed by atoms with E-state index in [0.717, 1.165) is 26.5 Å². The molecule has 0 radical (unpaired) electrons. The van der Waals surface area contributed by atoms with Gasteiger partial charge >= 0.3 is 0 Å². The van der Waals surface area contributed by atoms with Crippen LogP contribution in [0.5, 0.6) is 0 Å². The van der Waals surface area contributed by atoms with Gasteiger partial charge in [0.05, 0.1) is 6.54 Å². The fourth-order valence-corrected chi connectivity index (χ4v) is 2.58. The summed E-state index contributed by atoms with van der Waals surface area (Å²) in [4.78, 5) is 12.4. The Bertz CT molecular complexity index is 822. The number of pyridine rings is 1. The molecule has 2 aromatic carbocycles. The molecule has 0 amide bonds. The molecule has 3 nitrogen and oxygen atoms in total. The number of nitrogen functional groups attached to an aromatic ring is 1. The third-order valence-electron chi connectivity index (χ3n) is 3.27. The van der Waals surface area contributed by atoms with Crippen molar-refractivity contribution >= 4 is 32.4 Å². The quantitative estimate of drug-likeness (QED) is 0.733. The monoisotopic (exact) mass is 328 g/mol. The van der Waals surface area contributed by atoms with Crippen LogP contribution in [0.2, 0.25) is 0 Å². The van der Waals surface area contributed by atoms with Crippen molar-refractivity contribution in [2.75, 3.05) is 5.73 Å². The van der Waals surface area contributed by atoms with Crippen molar-refractivity contribution in [1.29, 1.82) is 0 Å². The lowest BCUT2D eigenvalue weighted by atomic mass is 10.1. The summed E-state index contributed by atoms with van der Waals surface area (Å²) in [6.07, 6.45) is 1.83. The number of fused-ring (bicyclic) bond motifs is 1. The highest BCUT2D eigenvalue weighted by Crippen LogP contribution is 2.17. The number of nitrogens with two attached hydrogens (primary N) is 1. The lowest BCUT2D eigenvalue weighted by Crippen LogP contribution is -2.19. The maximum atomic E-state index is 12.4. The van der Waals surface area contributed by atoms with Crippen LogP contribution in [0.15, 0.2) is 64.0 Å². The van der Waals surface area contributed by atoms with E-state index in [0.29, 0.717) is 6.54 Å². The summed E-state index contributed by atoms with van der Waals surface area (Å²) >= 11 is 3.42. The minimum absolute atomic E-state index is 0.0202. The van der Waals surface area contributed by atoms with Crippen LogP contribution in [-0.4, -0.2) is 4.57 Å². The normalized spacial score (nSPS) is 10.8. The van der Waals surface area contributed by atoms with Gasteiger partial charge in [-0.1, -0.05) is 28.1 Å². The summed E-state index contributed by atoms with van der Waals surface area (Å²) in [7, 11) is 0.